The van der Waals surface area contributed by atoms with Crippen LogP contribution in [0.15, 0.2) is 48.5 Å². The molecule has 0 bridgehead atoms. The molecule has 2 aromatic carbocycles. The fourth-order valence-corrected chi connectivity index (χ4v) is 4.56. The van der Waals surface area contributed by atoms with Crippen LogP contribution in [-0.4, -0.2) is 38.6 Å². The van der Waals surface area contributed by atoms with Crippen molar-refractivity contribution in [2.45, 2.75) is 39.3 Å². The smallest absolute Gasteiger partial charge is 0.335 e. The number of hydrogen-bond acceptors (Lipinski definition) is 3. The number of carbonyl (C=O) groups is 1. The normalized spacial score (nSPS) is 20.5. The maximum absolute atomic E-state index is 11.3. The molecule has 2 heterocycles. The molecule has 0 aliphatic carbocycles. The number of likely N-dealkylation sites (tertiary alicyclic amines) is 1. The molecular formula is C23H27N3O2. The van der Waals surface area contributed by atoms with E-state index < -0.39 is 5.97 Å². The average molecular weight is 377 g/mol. The Morgan fingerprint density at radius 2 is 2.00 bits per heavy atom. The lowest BCUT2D eigenvalue weighted by Gasteiger charge is -2.37. The van der Waals surface area contributed by atoms with Crippen LogP contribution in [0.2, 0.25) is 0 Å². The molecule has 1 fully saturated rings. The summed E-state index contributed by atoms with van der Waals surface area (Å²) in [5.41, 5.74) is 3.51. The minimum Gasteiger partial charge on any atom is -0.478 e. The predicted molar refractivity (Wildman–Crippen MR) is 111 cm³/mol. The molecule has 0 spiro atoms. The lowest BCUT2D eigenvalue weighted by atomic mass is 9.81. The van der Waals surface area contributed by atoms with Crippen molar-refractivity contribution < 1.29 is 9.90 Å². The fourth-order valence-electron chi connectivity index (χ4n) is 4.56. The van der Waals surface area contributed by atoms with Gasteiger partial charge in [-0.05, 0) is 55.5 Å². The van der Waals surface area contributed by atoms with Crippen molar-refractivity contribution in [2.75, 3.05) is 13.1 Å². The van der Waals surface area contributed by atoms with Gasteiger partial charge in [-0.1, -0.05) is 37.3 Å². The highest BCUT2D eigenvalue weighted by molar-refractivity contribution is 5.92. The number of aromatic carboxylic acids is 1. The first-order chi connectivity index (χ1) is 13.6. The van der Waals surface area contributed by atoms with Crippen LogP contribution in [0, 0.1) is 5.92 Å². The number of hydrogen-bond donors (Lipinski definition) is 1. The number of aromatic nitrogens is 2. The van der Waals surface area contributed by atoms with E-state index in [1.54, 1.807) is 12.1 Å². The molecule has 1 aliphatic rings. The second-order valence-electron chi connectivity index (χ2n) is 7.80. The van der Waals surface area contributed by atoms with Gasteiger partial charge in [-0.3, -0.25) is 4.90 Å². The third-order valence-corrected chi connectivity index (χ3v) is 5.97. The summed E-state index contributed by atoms with van der Waals surface area (Å²) in [7, 11) is 0. The van der Waals surface area contributed by atoms with Crippen LogP contribution < -0.4 is 0 Å². The number of carboxylic acid groups (broad SMARTS) is 1. The summed E-state index contributed by atoms with van der Waals surface area (Å²) in [4.78, 5) is 18.5. The highest BCUT2D eigenvalue weighted by Gasteiger charge is 2.28. The zero-order chi connectivity index (χ0) is 19.7. The Morgan fingerprint density at radius 1 is 1.21 bits per heavy atom. The lowest BCUT2D eigenvalue weighted by molar-refractivity contribution is 0.0697. The highest BCUT2D eigenvalue weighted by Crippen LogP contribution is 2.33. The first kappa shape index (κ1) is 18.7. The summed E-state index contributed by atoms with van der Waals surface area (Å²) in [5.74, 6) is 1.31. The number of imidazole rings is 1. The summed E-state index contributed by atoms with van der Waals surface area (Å²) < 4.78 is 2.20. The molecule has 1 saturated heterocycles. The third-order valence-electron chi connectivity index (χ3n) is 5.97. The SMILES string of the molecule is CCn1c(CN2CCC(c3ccccc3)C(C)C2)nc2cc(C(=O)O)ccc21. The van der Waals surface area contributed by atoms with Gasteiger partial charge in [-0.15, -0.1) is 0 Å². The second-order valence-corrected chi connectivity index (χ2v) is 7.80. The van der Waals surface area contributed by atoms with Crippen molar-refractivity contribution in [3.05, 3.63) is 65.5 Å². The molecule has 146 valence electrons. The van der Waals surface area contributed by atoms with Crippen molar-refractivity contribution in [1.82, 2.24) is 14.5 Å². The van der Waals surface area contributed by atoms with E-state index in [0.29, 0.717) is 11.8 Å². The molecule has 1 aromatic heterocycles. The van der Waals surface area contributed by atoms with Gasteiger partial charge in [0.1, 0.15) is 5.82 Å². The molecule has 1 N–H and O–H groups in total. The van der Waals surface area contributed by atoms with Gasteiger partial charge in [0, 0.05) is 13.1 Å². The summed E-state index contributed by atoms with van der Waals surface area (Å²) in [6.07, 6.45) is 1.15. The Morgan fingerprint density at radius 3 is 2.68 bits per heavy atom. The molecule has 2 unspecified atom stereocenters. The van der Waals surface area contributed by atoms with Crippen LogP contribution in [0.3, 0.4) is 0 Å². The number of carboxylic acids is 1. The molecule has 2 atom stereocenters. The van der Waals surface area contributed by atoms with E-state index in [1.807, 2.05) is 6.07 Å². The Labute approximate surface area is 165 Å². The van der Waals surface area contributed by atoms with Crippen LogP contribution in [0.5, 0.6) is 0 Å². The second kappa shape index (κ2) is 7.76. The maximum Gasteiger partial charge on any atom is 0.335 e. The Balaban J connectivity index is 1.53. The van der Waals surface area contributed by atoms with Gasteiger partial charge in [-0.25, -0.2) is 9.78 Å². The van der Waals surface area contributed by atoms with E-state index in [2.05, 4.69) is 53.6 Å². The summed E-state index contributed by atoms with van der Waals surface area (Å²) in [5, 5.41) is 9.24. The van der Waals surface area contributed by atoms with Crippen LogP contribution in [-0.2, 0) is 13.1 Å². The van der Waals surface area contributed by atoms with Gasteiger partial charge in [-0.2, -0.15) is 0 Å². The molecule has 5 nitrogen and oxygen atoms in total. The molecule has 0 amide bonds. The van der Waals surface area contributed by atoms with Gasteiger partial charge in [0.25, 0.3) is 0 Å². The highest BCUT2D eigenvalue weighted by atomic mass is 16.4. The van der Waals surface area contributed by atoms with Gasteiger partial charge in [0.2, 0.25) is 0 Å². The first-order valence-electron chi connectivity index (χ1n) is 10.1. The number of fused-ring (bicyclic) bond motifs is 1. The topological polar surface area (TPSA) is 58.4 Å². The van der Waals surface area contributed by atoms with Gasteiger partial charge in [0.15, 0.2) is 0 Å². The van der Waals surface area contributed by atoms with Gasteiger partial charge in [0.05, 0.1) is 23.1 Å². The van der Waals surface area contributed by atoms with Crippen LogP contribution in [0.25, 0.3) is 11.0 Å². The minimum atomic E-state index is -0.911. The quantitative estimate of drug-likeness (QED) is 0.717. The standard InChI is InChI=1S/C23H27N3O2/c1-3-26-21-10-9-18(23(27)28)13-20(21)24-22(26)15-25-12-11-19(16(2)14-25)17-7-5-4-6-8-17/h4-10,13,16,19H,3,11-12,14-15H2,1-2H3,(H,27,28). The van der Waals surface area contributed by atoms with Gasteiger partial charge < -0.3 is 9.67 Å². The Hall–Kier alpha value is -2.66. The summed E-state index contributed by atoms with van der Waals surface area (Å²) in [6, 6.07) is 16.0. The number of aryl methyl sites for hydroxylation is 1. The molecule has 0 saturated carbocycles. The molecule has 28 heavy (non-hydrogen) atoms. The van der Waals surface area contributed by atoms with E-state index in [1.165, 1.54) is 5.56 Å². The molecule has 0 radical (unpaired) electrons. The van der Waals surface area contributed by atoms with E-state index >= 15 is 0 Å². The largest absolute Gasteiger partial charge is 0.478 e. The lowest BCUT2D eigenvalue weighted by Crippen LogP contribution is -2.38. The molecule has 4 rings (SSSR count). The maximum atomic E-state index is 11.3. The Kier molecular flexibility index (Phi) is 5.18. The molecule has 3 aromatic rings. The molecule has 5 heteroatoms. The number of piperidine rings is 1. The number of benzene rings is 2. The average Bonchev–Trinajstić information content (AvgIpc) is 3.04. The third kappa shape index (κ3) is 3.54. The van der Waals surface area contributed by atoms with Gasteiger partial charge >= 0.3 is 5.97 Å². The Bertz CT molecular complexity index is 980. The first-order valence-corrected chi connectivity index (χ1v) is 10.1. The van der Waals surface area contributed by atoms with E-state index in [4.69, 9.17) is 4.98 Å². The monoisotopic (exact) mass is 377 g/mol. The number of rotatable bonds is 5. The van der Waals surface area contributed by atoms with Crippen molar-refractivity contribution >= 4 is 17.0 Å². The van der Waals surface area contributed by atoms with Crippen LogP contribution in [0.1, 0.15) is 47.9 Å². The van der Waals surface area contributed by atoms with Crippen molar-refractivity contribution in [2.24, 2.45) is 5.92 Å². The molecule has 1 aliphatic heterocycles. The van der Waals surface area contributed by atoms with Crippen LogP contribution in [0.4, 0.5) is 0 Å². The van der Waals surface area contributed by atoms with E-state index in [-0.39, 0.29) is 5.56 Å². The van der Waals surface area contributed by atoms with E-state index in [0.717, 1.165) is 49.5 Å². The number of nitrogens with zero attached hydrogens (tertiary/aromatic N) is 3. The summed E-state index contributed by atoms with van der Waals surface area (Å²) in [6.45, 7) is 8.18. The van der Waals surface area contributed by atoms with Crippen molar-refractivity contribution in [3.8, 4) is 0 Å². The summed E-state index contributed by atoms with van der Waals surface area (Å²) >= 11 is 0. The zero-order valence-corrected chi connectivity index (χ0v) is 16.5. The van der Waals surface area contributed by atoms with Crippen LogP contribution >= 0.6 is 0 Å². The zero-order valence-electron chi connectivity index (χ0n) is 16.5. The van der Waals surface area contributed by atoms with E-state index in [9.17, 15) is 9.90 Å². The van der Waals surface area contributed by atoms with Crippen molar-refractivity contribution in [3.63, 3.8) is 0 Å². The minimum absolute atomic E-state index is 0.289. The predicted octanol–water partition coefficient (Wildman–Crippen LogP) is 4.38. The molecular weight excluding hydrogens is 350 g/mol. The van der Waals surface area contributed by atoms with Crippen molar-refractivity contribution in [1.29, 1.82) is 0 Å². The fraction of sp³-hybridized carbons (Fsp3) is 0.391.